The molecule has 1 aromatic heterocycles. The summed E-state index contributed by atoms with van der Waals surface area (Å²) < 4.78 is 5.38. The Balaban J connectivity index is 1.82. The fourth-order valence-corrected chi connectivity index (χ4v) is 3.95. The Bertz CT molecular complexity index is 1090. The molecule has 3 aromatic rings. The molecule has 1 aliphatic rings. The molecule has 2 heterocycles. The fraction of sp³-hybridized carbons (Fsp3) is 0.0909. The summed E-state index contributed by atoms with van der Waals surface area (Å²) >= 11 is 1.42. The first-order chi connectivity index (χ1) is 13.6. The molecule has 1 N–H and O–H groups in total. The van der Waals surface area contributed by atoms with Gasteiger partial charge in [-0.25, -0.2) is 4.90 Å². The second-order valence-corrected chi connectivity index (χ2v) is 7.28. The van der Waals surface area contributed by atoms with Crippen molar-refractivity contribution < 1.29 is 14.3 Å². The molecule has 0 atom stereocenters. The lowest BCUT2D eigenvalue weighted by Crippen LogP contribution is -2.32. The van der Waals surface area contributed by atoms with Gasteiger partial charge in [0.15, 0.2) is 0 Å². The molecule has 2 aromatic carbocycles. The lowest BCUT2D eigenvalue weighted by molar-refractivity contribution is -0.120. The second kappa shape index (κ2) is 7.32. The molecule has 0 saturated heterocycles. The summed E-state index contributed by atoms with van der Waals surface area (Å²) in [5.74, 6) is -0.130. The lowest BCUT2D eigenvalue weighted by atomic mass is 10.1. The number of anilines is 2. The second-order valence-electron chi connectivity index (χ2n) is 6.34. The number of para-hydroxylation sites is 2. The maximum absolute atomic E-state index is 13.3. The number of thiophene rings is 1. The number of imide groups is 1. The molecule has 1 aliphatic heterocycles. The molecule has 0 unspecified atom stereocenters. The van der Waals surface area contributed by atoms with Crippen LogP contribution in [0.15, 0.2) is 71.7 Å². The normalized spacial score (nSPS) is 14.0. The van der Waals surface area contributed by atoms with Crippen LogP contribution in [0.4, 0.5) is 11.4 Å². The van der Waals surface area contributed by atoms with E-state index in [4.69, 9.17) is 4.74 Å². The quantitative estimate of drug-likeness (QED) is 0.654. The van der Waals surface area contributed by atoms with Crippen molar-refractivity contribution in [1.82, 2.24) is 0 Å². The van der Waals surface area contributed by atoms with Crippen molar-refractivity contribution in [1.29, 1.82) is 0 Å². The van der Waals surface area contributed by atoms with Gasteiger partial charge >= 0.3 is 0 Å². The highest BCUT2D eigenvalue weighted by atomic mass is 32.1. The van der Waals surface area contributed by atoms with Crippen LogP contribution in [0.25, 0.3) is 5.57 Å². The summed E-state index contributed by atoms with van der Waals surface area (Å²) in [6.07, 6.45) is 0. The zero-order valence-electron chi connectivity index (χ0n) is 15.4. The monoisotopic (exact) mass is 390 g/mol. The number of nitrogens with one attached hydrogen (secondary N) is 1. The van der Waals surface area contributed by atoms with E-state index in [1.54, 1.807) is 19.2 Å². The molecule has 0 spiro atoms. The highest BCUT2D eigenvalue weighted by Gasteiger charge is 2.40. The first-order valence-electron chi connectivity index (χ1n) is 8.74. The number of methoxy groups -OCH3 is 1. The van der Waals surface area contributed by atoms with Crippen LogP contribution in [-0.2, 0) is 9.59 Å². The van der Waals surface area contributed by atoms with Crippen molar-refractivity contribution in [2.75, 3.05) is 17.3 Å². The molecule has 5 nitrogen and oxygen atoms in total. The highest BCUT2D eigenvalue weighted by Crippen LogP contribution is 2.37. The molecule has 140 valence electrons. The van der Waals surface area contributed by atoms with Crippen molar-refractivity contribution in [3.63, 3.8) is 0 Å². The standard InChI is InChI=1S/C22H18N2O3S/c1-14-7-5-8-15(13-14)24-21(25)19(18-11-6-12-28-18)20(22(24)26)23-16-9-3-4-10-17(16)27-2/h3-13,23H,1-2H3. The average Bonchev–Trinajstić information content (AvgIpc) is 3.29. The number of rotatable bonds is 5. The largest absolute Gasteiger partial charge is 0.495 e. The van der Waals surface area contributed by atoms with Crippen molar-refractivity contribution in [3.05, 3.63) is 82.2 Å². The number of hydrogen-bond acceptors (Lipinski definition) is 5. The Morgan fingerprint density at radius 3 is 2.50 bits per heavy atom. The van der Waals surface area contributed by atoms with Crippen molar-refractivity contribution in [2.24, 2.45) is 0 Å². The van der Waals surface area contributed by atoms with Crippen LogP contribution in [0.1, 0.15) is 10.4 Å². The SMILES string of the molecule is COc1ccccc1NC1=C(c2cccs2)C(=O)N(c2cccc(C)c2)C1=O. The maximum atomic E-state index is 13.3. The summed E-state index contributed by atoms with van der Waals surface area (Å²) in [5, 5.41) is 5.03. The average molecular weight is 390 g/mol. The molecule has 0 saturated carbocycles. The van der Waals surface area contributed by atoms with E-state index in [0.29, 0.717) is 22.7 Å². The van der Waals surface area contributed by atoms with E-state index in [0.717, 1.165) is 10.4 Å². The number of hydrogen-bond donors (Lipinski definition) is 1. The number of carbonyl (C=O) groups is 2. The van der Waals surface area contributed by atoms with Crippen LogP contribution in [0, 0.1) is 6.92 Å². The Morgan fingerprint density at radius 2 is 1.79 bits per heavy atom. The van der Waals surface area contributed by atoms with Crippen LogP contribution in [0.2, 0.25) is 0 Å². The van der Waals surface area contributed by atoms with Gasteiger partial charge in [0.1, 0.15) is 11.4 Å². The predicted molar refractivity (Wildman–Crippen MR) is 112 cm³/mol. The minimum Gasteiger partial charge on any atom is -0.495 e. The summed E-state index contributed by atoms with van der Waals surface area (Å²) in [7, 11) is 1.57. The highest BCUT2D eigenvalue weighted by molar-refractivity contribution is 7.11. The van der Waals surface area contributed by atoms with Gasteiger partial charge in [0, 0.05) is 4.88 Å². The summed E-state index contributed by atoms with van der Waals surface area (Å²) in [5.41, 5.74) is 2.77. The van der Waals surface area contributed by atoms with Crippen LogP contribution in [0.5, 0.6) is 5.75 Å². The number of aryl methyl sites for hydroxylation is 1. The molecule has 0 fully saturated rings. The van der Waals surface area contributed by atoms with Crippen molar-refractivity contribution >= 4 is 40.1 Å². The Hall–Kier alpha value is -3.38. The third-order valence-corrected chi connectivity index (χ3v) is 5.37. The molecule has 0 bridgehead atoms. The Kier molecular flexibility index (Phi) is 4.71. The van der Waals surface area contributed by atoms with Gasteiger partial charge in [-0.2, -0.15) is 0 Å². The van der Waals surface area contributed by atoms with E-state index >= 15 is 0 Å². The van der Waals surface area contributed by atoms with Crippen molar-refractivity contribution in [3.8, 4) is 5.75 Å². The number of amides is 2. The zero-order chi connectivity index (χ0) is 19.7. The molecule has 2 amide bonds. The van der Waals surface area contributed by atoms with Crippen LogP contribution < -0.4 is 15.0 Å². The zero-order valence-corrected chi connectivity index (χ0v) is 16.2. The van der Waals surface area contributed by atoms with Crippen LogP contribution >= 0.6 is 11.3 Å². The first kappa shape index (κ1) is 18.0. The molecule has 0 radical (unpaired) electrons. The smallest absolute Gasteiger partial charge is 0.282 e. The summed E-state index contributed by atoms with van der Waals surface area (Å²) in [6, 6.07) is 18.4. The molecule has 0 aliphatic carbocycles. The number of ether oxygens (including phenoxy) is 1. The number of nitrogens with zero attached hydrogens (tertiary/aromatic N) is 1. The minimum absolute atomic E-state index is 0.249. The number of benzene rings is 2. The summed E-state index contributed by atoms with van der Waals surface area (Å²) in [4.78, 5) is 28.5. The Morgan fingerprint density at radius 1 is 0.964 bits per heavy atom. The molecular weight excluding hydrogens is 372 g/mol. The van der Waals surface area contributed by atoms with Crippen molar-refractivity contribution in [2.45, 2.75) is 6.92 Å². The lowest BCUT2D eigenvalue weighted by Gasteiger charge is -2.16. The predicted octanol–water partition coefficient (Wildman–Crippen LogP) is 4.46. The fourth-order valence-electron chi connectivity index (χ4n) is 3.18. The van der Waals surface area contributed by atoms with E-state index in [9.17, 15) is 9.59 Å². The van der Waals surface area contributed by atoms with E-state index in [-0.39, 0.29) is 17.5 Å². The minimum atomic E-state index is -0.384. The van der Waals surface area contributed by atoms with E-state index in [1.165, 1.54) is 16.2 Å². The van der Waals surface area contributed by atoms with Gasteiger partial charge in [-0.3, -0.25) is 9.59 Å². The van der Waals surface area contributed by atoms with Gasteiger partial charge in [-0.1, -0.05) is 30.3 Å². The number of carbonyl (C=O) groups excluding carboxylic acids is 2. The summed E-state index contributed by atoms with van der Waals surface area (Å²) in [6.45, 7) is 1.93. The van der Waals surface area contributed by atoms with Gasteiger partial charge in [0.2, 0.25) is 0 Å². The molecule has 6 heteroatoms. The van der Waals surface area contributed by atoms with Crippen LogP contribution in [0.3, 0.4) is 0 Å². The van der Waals surface area contributed by atoms with Gasteiger partial charge in [-0.15, -0.1) is 11.3 Å². The van der Waals surface area contributed by atoms with E-state index < -0.39 is 0 Å². The van der Waals surface area contributed by atoms with E-state index in [1.807, 2.05) is 60.8 Å². The maximum Gasteiger partial charge on any atom is 0.282 e. The topological polar surface area (TPSA) is 58.6 Å². The van der Waals surface area contributed by atoms with Gasteiger partial charge in [0.25, 0.3) is 11.8 Å². The molecular formula is C22H18N2O3S. The first-order valence-corrected chi connectivity index (χ1v) is 9.61. The van der Waals surface area contributed by atoms with E-state index in [2.05, 4.69) is 5.32 Å². The van der Waals surface area contributed by atoms with Gasteiger partial charge < -0.3 is 10.1 Å². The molecule has 4 rings (SSSR count). The third kappa shape index (κ3) is 3.08. The van der Waals surface area contributed by atoms with Gasteiger partial charge in [-0.05, 0) is 48.2 Å². The Labute approximate surface area is 166 Å². The molecule has 28 heavy (non-hydrogen) atoms. The third-order valence-electron chi connectivity index (χ3n) is 4.48. The van der Waals surface area contributed by atoms with Crippen LogP contribution in [-0.4, -0.2) is 18.9 Å². The van der Waals surface area contributed by atoms with Gasteiger partial charge in [0.05, 0.1) is 24.1 Å².